The van der Waals surface area contributed by atoms with E-state index in [-0.39, 0.29) is 12.0 Å². The van der Waals surface area contributed by atoms with E-state index in [1.807, 2.05) is 30.4 Å². The van der Waals surface area contributed by atoms with Gasteiger partial charge in [0.1, 0.15) is 0 Å². The maximum Gasteiger partial charge on any atom is 0.338 e. The highest BCUT2D eigenvalue weighted by molar-refractivity contribution is 8.16. The first-order valence-corrected chi connectivity index (χ1v) is 7.56. The third-order valence-corrected chi connectivity index (χ3v) is 4.39. The van der Waals surface area contributed by atoms with Gasteiger partial charge in [-0.3, -0.25) is 0 Å². The van der Waals surface area contributed by atoms with E-state index in [9.17, 15) is 4.79 Å². The Morgan fingerprint density at radius 3 is 2.67 bits per heavy atom. The molecule has 0 N–H and O–H groups in total. The third-order valence-electron chi connectivity index (χ3n) is 3.62. The van der Waals surface area contributed by atoms with Crippen molar-refractivity contribution in [2.45, 2.75) is 19.9 Å². The lowest BCUT2D eigenvalue weighted by Gasteiger charge is -2.33. The predicted octanol–water partition coefficient (Wildman–Crippen LogP) is 3.37. The number of esters is 1. The van der Waals surface area contributed by atoms with Crippen molar-refractivity contribution in [3.05, 3.63) is 58.3 Å². The van der Waals surface area contributed by atoms with Crippen LogP contribution >= 0.6 is 11.8 Å². The minimum atomic E-state index is -0.328. The quantitative estimate of drug-likeness (QED) is 0.785. The number of amidine groups is 1. The fourth-order valence-corrected chi connectivity index (χ4v) is 3.34. The molecule has 0 spiro atoms. The van der Waals surface area contributed by atoms with Crippen LogP contribution in [0.15, 0.2) is 52.1 Å². The Labute approximate surface area is 128 Å². The highest BCUT2D eigenvalue weighted by Gasteiger charge is 2.36. The lowest BCUT2D eigenvalue weighted by Crippen LogP contribution is -2.33. The van der Waals surface area contributed by atoms with Crippen LogP contribution < -0.4 is 0 Å². The van der Waals surface area contributed by atoms with Crippen molar-refractivity contribution in [3.8, 4) is 0 Å². The van der Waals surface area contributed by atoms with Gasteiger partial charge in [-0.15, -0.1) is 0 Å². The second kappa shape index (κ2) is 5.41. The van der Waals surface area contributed by atoms with Crippen molar-refractivity contribution in [1.29, 1.82) is 0 Å². The van der Waals surface area contributed by atoms with E-state index in [0.29, 0.717) is 5.57 Å². The Kier molecular flexibility index (Phi) is 3.59. The van der Waals surface area contributed by atoms with Crippen LogP contribution in [0.3, 0.4) is 0 Å². The van der Waals surface area contributed by atoms with Crippen LogP contribution in [0.5, 0.6) is 0 Å². The molecule has 2 aliphatic heterocycles. The lowest BCUT2D eigenvalue weighted by molar-refractivity contribution is -0.136. The van der Waals surface area contributed by atoms with Crippen LogP contribution in [0, 0.1) is 6.92 Å². The number of allylic oxidation sites excluding steroid dienone is 1. The zero-order valence-corrected chi connectivity index (χ0v) is 13.0. The molecule has 0 amide bonds. The molecule has 0 saturated carbocycles. The number of methoxy groups -OCH3 is 1. The molecule has 21 heavy (non-hydrogen) atoms. The predicted molar refractivity (Wildman–Crippen MR) is 84.6 cm³/mol. The SMILES string of the molecule is COC(=O)C1=C(C)N=C2SC=CN2C1c1ccc(C)cc1. The normalized spacial score (nSPS) is 20.4. The van der Waals surface area contributed by atoms with Crippen molar-refractivity contribution in [1.82, 2.24) is 4.90 Å². The van der Waals surface area contributed by atoms with E-state index in [1.54, 1.807) is 11.8 Å². The van der Waals surface area contributed by atoms with Crippen molar-refractivity contribution in [3.63, 3.8) is 0 Å². The number of thioether (sulfide) groups is 1. The first kappa shape index (κ1) is 13.9. The number of carbonyl (C=O) groups excluding carboxylic acids is 1. The second-order valence-corrected chi connectivity index (χ2v) is 5.88. The Hall–Kier alpha value is -2.01. The molecule has 108 valence electrons. The lowest BCUT2D eigenvalue weighted by atomic mass is 9.94. The molecular formula is C16H16N2O2S. The van der Waals surface area contributed by atoms with Crippen LogP contribution in [0.1, 0.15) is 24.1 Å². The molecule has 2 heterocycles. The van der Waals surface area contributed by atoms with E-state index in [0.717, 1.165) is 16.4 Å². The number of ether oxygens (including phenoxy) is 1. The van der Waals surface area contributed by atoms with Gasteiger partial charge in [0, 0.05) is 6.20 Å². The van der Waals surface area contributed by atoms with Crippen LogP contribution in [-0.4, -0.2) is 23.1 Å². The van der Waals surface area contributed by atoms with Gasteiger partial charge in [-0.1, -0.05) is 41.6 Å². The smallest absolute Gasteiger partial charge is 0.338 e. The summed E-state index contributed by atoms with van der Waals surface area (Å²) in [6.45, 7) is 3.90. The van der Waals surface area contributed by atoms with Gasteiger partial charge < -0.3 is 9.64 Å². The molecule has 0 radical (unpaired) electrons. The first-order chi connectivity index (χ1) is 10.1. The molecule has 0 bridgehead atoms. The zero-order valence-electron chi connectivity index (χ0n) is 12.2. The third kappa shape index (κ3) is 2.38. The maximum atomic E-state index is 12.2. The Morgan fingerprint density at radius 1 is 1.29 bits per heavy atom. The number of nitrogens with zero attached hydrogens (tertiary/aromatic N) is 2. The molecule has 0 saturated heterocycles. The monoisotopic (exact) mass is 300 g/mol. The van der Waals surface area contributed by atoms with Gasteiger partial charge >= 0.3 is 5.97 Å². The average molecular weight is 300 g/mol. The van der Waals surface area contributed by atoms with Crippen LogP contribution in [0.25, 0.3) is 0 Å². The second-order valence-electron chi connectivity index (χ2n) is 5.01. The van der Waals surface area contributed by atoms with Gasteiger partial charge in [0.25, 0.3) is 0 Å². The zero-order chi connectivity index (χ0) is 15.0. The fraction of sp³-hybridized carbons (Fsp3) is 0.250. The Balaban J connectivity index is 2.13. The largest absolute Gasteiger partial charge is 0.466 e. The summed E-state index contributed by atoms with van der Waals surface area (Å²) in [6, 6.07) is 8.03. The Bertz CT molecular complexity index is 674. The summed E-state index contributed by atoms with van der Waals surface area (Å²) >= 11 is 1.56. The van der Waals surface area contributed by atoms with E-state index in [1.165, 1.54) is 12.7 Å². The molecule has 1 aromatic rings. The fourth-order valence-electron chi connectivity index (χ4n) is 2.55. The molecule has 5 heteroatoms. The standard InChI is InChI=1S/C16H16N2O2S/c1-10-4-6-12(7-5-10)14-13(15(19)20-3)11(2)17-16-18(14)8-9-21-16/h4-9,14H,1-3H3. The molecule has 2 aliphatic rings. The van der Waals surface area contributed by atoms with E-state index < -0.39 is 0 Å². The van der Waals surface area contributed by atoms with Crippen LogP contribution in [0.2, 0.25) is 0 Å². The highest BCUT2D eigenvalue weighted by Crippen LogP contribution is 2.40. The summed E-state index contributed by atoms with van der Waals surface area (Å²) < 4.78 is 4.96. The minimum Gasteiger partial charge on any atom is -0.466 e. The van der Waals surface area contributed by atoms with Gasteiger partial charge in [0.2, 0.25) is 0 Å². The summed E-state index contributed by atoms with van der Waals surface area (Å²) in [4.78, 5) is 18.7. The summed E-state index contributed by atoms with van der Waals surface area (Å²) in [5, 5.41) is 2.87. The van der Waals surface area contributed by atoms with Gasteiger partial charge in [0.05, 0.1) is 24.4 Å². The molecule has 0 aliphatic carbocycles. The number of hydrogen-bond acceptors (Lipinski definition) is 5. The molecule has 3 rings (SSSR count). The van der Waals surface area contributed by atoms with Gasteiger partial charge in [0.15, 0.2) is 5.17 Å². The summed E-state index contributed by atoms with van der Waals surface area (Å²) in [5.41, 5.74) is 3.56. The summed E-state index contributed by atoms with van der Waals surface area (Å²) in [6.07, 6.45) is 1.96. The number of aliphatic imine (C=N–C) groups is 1. The van der Waals surface area contributed by atoms with E-state index >= 15 is 0 Å². The summed E-state index contributed by atoms with van der Waals surface area (Å²) in [5.74, 6) is -0.328. The maximum absolute atomic E-state index is 12.2. The average Bonchev–Trinajstić information content (AvgIpc) is 2.94. The van der Waals surface area contributed by atoms with Gasteiger partial charge in [-0.2, -0.15) is 0 Å². The first-order valence-electron chi connectivity index (χ1n) is 6.68. The Morgan fingerprint density at radius 2 is 2.00 bits per heavy atom. The number of hydrogen-bond donors (Lipinski definition) is 0. The van der Waals surface area contributed by atoms with Crippen LogP contribution in [0.4, 0.5) is 0 Å². The molecule has 4 nitrogen and oxygen atoms in total. The number of carbonyl (C=O) groups is 1. The number of benzene rings is 1. The molecule has 0 aromatic heterocycles. The van der Waals surface area contributed by atoms with E-state index in [2.05, 4.69) is 29.3 Å². The molecular weight excluding hydrogens is 284 g/mol. The van der Waals surface area contributed by atoms with Crippen molar-refractivity contribution in [2.24, 2.45) is 4.99 Å². The number of aryl methyl sites for hydroxylation is 1. The molecule has 1 aromatic carbocycles. The topological polar surface area (TPSA) is 41.9 Å². The van der Waals surface area contributed by atoms with Crippen molar-refractivity contribution in [2.75, 3.05) is 7.11 Å². The number of fused-ring (bicyclic) bond motifs is 1. The van der Waals surface area contributed by atoms with E-state index in [4.69, 9.17) is 4.74 Å². The molecule has 1 atom stereocenters. The van der Waals surface area contributed by atoms with Crippen molar-refractivity contribution < 1.29 is 9.53 Å². The molecule has 0 fully saturated rings. The van der Waals surface area contributed by atoms with Gasteiger partial charge in [-0.05, 0) is 24.8 Å². The van der Waals surface area contributed by atoms with Crippen molar-refractivity contribution >= 4 is 22.9 Å². The van der Waals surface area contributed by atoms with Crippen LogP contribution in [-0.2, 0) is 9.53 Å². The molecule has 1 unspecified atom stereocenters. The minimum absolute atomic E-state index is 0.184. The number of rotatable bonds is 2. The van der Waals surface area contributed by atoms with Gasteiger partial charge in [-0.25, -0.2) is 9.79 Å². The highest BCUT2D eigenvalue weighted by atomic mass is 32.2. The summed E-state index contributed by atoms with van der Waals surface area (Å²) in [7, 11) is 1.41.